The summed E-state index contributed by atoms with van der Waals surface area (Å²) in [5.41, 5.74) is 1.30. The Labute approximate surface area is 136 Å². The number of amides is 2. The summed E-state index contributed by atoms with van der Waals surface area (Å²) in [5.74, 6) is 0.160. The fourth-order valence-corrected chi connectivity index (χ4v) is 3.73. The van der Waals surface area contributed by atoms with Gasteiger partial charge in [0.05, 0.1) is 11.4 Å². The van der Waals surface area contributed by atoms with Gasteiger partial charge in [0, 0.05) is 38.1 Å². The van der Waals surface area contributed by atoms with Gasteiger partial charge < -0.3 is 10.2 Å². The monoisotopic (exact) mass is 323 g/mol. The fourth-order valence-electron chi connectivity index (χ4n) is 2.69. The number of piperazine rings is 1. The first kappa shape index (κ1) is 17.0. The molecule has 1 fully saturated rings. The third kappa shape index (κ3) is 4.08. The molecule has 0 atom stereocenters. The highest BCUT2D eigenvalue weighted by atomic mass is 32.1. The second kappa shape index (κ2) is 7.74. The molecule has 22 heavy (non-hydrogen) atoms. The van der Waals surface area contributed by atoms with E-state index in [4.69, 9.17) is 0 Å². The molecule has 0 bridgehead atoms. The number of rotatable bonds is 5. The molecule has 0 unspecified atom stereocenters. The quantitative estimate of drug-likeness (QED) is 0.894. The highest BCUT2D eigenvalue weighted by molar-refractivity contribution is 7.14. The average Bonchev–Trinajstić information content (AvgIpc) is 2.89. The van der Waals surface area contributed by atoms with Gasteiger partial charge in [-0.25, -0.2) is 0 Å². The van der Waals surface area contributed by atoms with Gasteiger partial charge in [-0.15, -0.1) is 11.3 Å². The van der Waals surface area contributed by atoms with Crippen molar-refractivity contribution in [3.63, 3.8) is 0 Å². The van der Waals surface area contributed by atoms with E-state index in [1.165, 1.54) is 10.4 Å². The van der Waals surface area contributed by atoms with Crippen LogP contribution in [0.1, 0.15) is 33.5 Å². The Bertz CT molecular complexity index is 533. The zero-order valence-corrected chi connectivity index (χ0v) is 14.5. The van der Waals surface area contributed by atoms with Crippen LogP contribution in [-0.2, 0) is 11.2 Å². The molecule has 6 heteroatoms. The van der Waals surface area contributed by atoms with Crippen LogP contribution < -0.4 is 5.32 Å². The van der Waals surface area contributed by atoms with Crippen LogP contribution >= 0.6 is 11.3 Å². The SMILES string of the molecule is CCCc1cc(C(=O)N2CCN(CC(=O)NC)CC2)sc1C. The highest BCUT2D eigenvalue weighted by Crippen LogP contribution is 2.24. The number of thiophene rings is 1. The van der Waals surface area contributed by atoms with Crippen LogP contribution in [0.2, 0.25) is 0 Å². The summed E-state index contributed by atoms with van der Waals surface area (Å²) < 4.78 is 0. The standard InChI is InChI=1S/C16H25N3O2S/c1-4-5-13-10-14(22-12(13)2)16(21)19-8-6-18(7-9-19)11-15(20)17-3/h10H,4-9,11H2,1-3H3,(H,17,20). The normalized spacial score (nSPS) is 15.9. The fraction of sp³-hybridized carbons (Fsp3) is 0.625. The molecule has 0 aliphatic carbocycles. The van der Waals surface area contributed by atoms with Crippen molar-refractivity contribution < 1.29 is 9.59 Å². The lowest BCUT2D eigenvalue weighted by Gasteiger charge is -2.34. The lowest BCUT2D eigenvalue weighted by atomic mass is 10.1. The van der Waals surface area contributed by atoms with E-state index in [1.54, 1.807) is 18.4 Å². The van der Waals surface area contributed by atoms with Gasteiger partial charge in [0.2, 0.25) is 5.91 Å². The summed E-state index contributed by atoms with van der Waals surface area (Å²) in [5, 5.41) is 2.63. The second-order valence-corrected chi connectivity index (χ2v) is 6.94. The minimum Gasteiger partial charge on any atom is -0.358 e. The minimum absolute atomic E-state index is 0.0258. The van der Waals surface area contributed by atoms with E-state index in [2.05, 4.69) is 30.1 Å². The first-order valence-corrected chi connectivity index (χ1v) is 8.68. The third-order valence-corrected chi connectivity index (χ3v) is 5.14. The Morgan fingerprint density at radius 2 is 1.95 bits per heavy atom. The summed E-state index contributed by atoms with van der Waals surface area (Å²) in [4.78, 5) is 30.1. The van der Waals surface area contributed by atoms with Crippen LogP contribution in [-0.4, -0.2) is 61.4 Å². The molecule has 1 aromatic rings. The third-order valence-electron chi connectivity index (χ3n) is 4.06. The molecule has 1 aromatic heterocycles. The Balaban J connectivity index is 1.92. The molecular weight excluding hydrogens is 298 g/mol. The summed E-state index contributed by atoms with van der Waals surface area (Å²) in [6.45, 7) is 7.55. The van der Waals surface area contributed by atoms with E-state index < -0.39 is 0 Å². The van der Waals surface area contributed by atoms with Crippen molar-refractivity contribution in [2.24, 2.45) is 0 Å². The average molecular weight is 323 g/mol. The molecule has 0 spiro atoms. The Hall–Kier alpha value is -1.40. The second-order valence-electron chi connectivity index (χ2n) is 5.68. The number of hydrogen-bond donors (Lipinski definition) is 1. The number of nitrogens with one attached hydrogen (secondary N) is 1. The summed E-state index contributed by atoms with van der Waals surface area (Å²) in [6, 6.07) is 2.06. The number of carbonyl (C=O) groups excluding carboxylic acids is 2. The van der Waals surface area contributed by atoms with E-state index >= 15 is 0 Å². The van der Waals surface area contributed by atoms with Crippen molar-refractivity contribution >= 4 is 23.2 Å². The topological polar surface area (TPSA) is 52.7 Å². The van der Waals surface area contributed by atoms with Crippen molar-refractivity contribution in [3.8, 4) is 0 Å². The Morgan fingerprint density at radius 3 is 2.55 bits per heavy atom. The number of aryl methyl sites for hydroxylation is 2. The largest absolute Gasteiger partial charge is 0.358 e. The minimum atomic E-state index is 0.0258. The van der Waals surface area contributed by atoms with Gasteiger partial charge in [-0.1, -0.05) is 13.3 Å². The first-order chi connectivity index (χ1) is 10.5. The summed E-state index contributed by atoms with van der Waals surface area (Å²) in [7, 11) is 1.65. The predicted octanol–water partition coefficient (Wildman–Crippen LogP) is 1.51. The van der Waals surface area contributed by atoms with Gasteiger partial charge in [0.25, 0.3) is 5.91 Å². The van der Waals surface area contributed by atoms with Gasteiger partial charge in [0.15, 0.2) is 0 Å². The van der Waals surface area contributed by atoms with Crippen LogP contribution in [0, 0.1) is 6.92 Å². The zero-order chi connectivity index (χ0) is 16.1. The van der Waals surface area contributed by atoms with E-state index in [0.717, 1.165) is 30.8 Å². The maximum atomic E-state index is 12.6. The van der Waals surface area contributed by atoms with Gasteiger partial charge >= 0.3 is 0 Å². The van der Waals surface area contributed by atoms with Crippen LogP contribution in [0.25, 0.3) is 0 Å². The molecule has 0 radical (unpaired) electrons. The van der Waals surface area contributed by atoms with Crippen LogP contribution in [0.5, 0.6) is 0 Å². The smallest absolute Gasteiger partial charge is 0.264 e. The van der Waals surface area contributed by atoms with Gasteiger partial charge in [-0.05, 0) is 25.0 Å². The molecule has 2 heterocycles. The number of likely N-dealkylation sites (N-methyl/N-ethyl adjacent to an activating group) is 1. The Morgan fingerprint density at radius 1 is 1.27 bits per heavy atom. The van der Waals surface area contributed by atoms with Gasteiger partial charge in [0.1, 0.15) is 0 Å². The molecule has 1 saturated heterocycles. The van der Waals surface area contributed by atoms with Gasteiger partial charge in [-0.2, -0.15) is 0 Å². The number of carbonyl (C=O) groups is 2. The summed E-state index contributed by atoms with van der Waals surface area (Å²) >= 11 is 1.60. The summed E-state index contributed by atoms with van der Waals surface area (Å²) in [6.07, 6.45) is 2.14. The van der Waals surface area contributed by atoms with Gasteiger partial charge in [-0.3, -0.25) is 14.5 Å². The lowest BCUT2D eigenvalue weighted by molar-refractivity contribution is -0.122. The van der Waals surface area contributed by atoms with E-state index in [0.29, 0.717) is 19.6 Å². The molecule has 2 rings (SSSR count). The first-order valence-electron chi connectivity index (χ1n) is 7.86. The molecule has 2 amide bonds. The molecule has 1 aliphatic rings. The molecule has 0 saturated carbocycles. The Kier molecular flexibility index (Phi) is 5.97. The van der Waals surface area contributed by atoms with Crippen molar-refractivity contribution in [1.29, 1.82) is 0 Å². The molecular formula is C16H25N3O2S. The number of nitrogens with zero attached hydrogens (tertiary/aromatic N) is 2. The van der Waals surface area contributed by atoms with Crippen LogP contribution in [0.4, 0.5) is 0 Å². The van der Waals surface area contributed by atoms with E-state index in [-0.39, 0.29) is 11.8 Å². The number of hydrogen-bond acceptors (Lipinski definition) is 4. The van der Waals surface area contributed by atoms with E-state index in [1.807, 2.05) is 4.90 Å². The predicted molar refractivity (Wildman–Crippen MR) is 89.5 cm³/mol. The molecule has 1 aliphatic heterocycles. The molecule has 122 valence electrons. The van der Waals surface area contributed by atoms with E-state index in [9.17, 15) is 9.59 Å². The highest BCUT2D eigenvalue weighted by Gasteiger charge is 2.24. The van der Waals surface area contributed by atoms with Crippen LogP contribution in [0.15, 0.2) is 6.07 Å². The van der Waals surface area contributed by atoms with Crippen molar-refractivity contribution in [3.05, 3.63) is 21.4 Å². The molecule has 5 nitrogen and oxygen atoms in total. The lowest BCUT2D eigenvalue weighted by Crippen LogP contribution is -2.50. The zero-order valence-electron chi connectivity index (χ0n) is 13.6. The van der Waals surface area contributed by atoms with Crippen LogP contribution in [0.3, 0.4) is 0 Å². The molecule has 0 aromatic carbocycles. The van der Waals surface area contributed by atoms with Crippen molar-refractivity contribution in [2.75, 3.05) is 39.8 Å². The van der Waals surface area contributed by atoms with Crippen molar-refractivity contribution in [2.45, 2.75) is 26.7 Å². The maximum absolute atomic E-state index is 12.6. The molecule has 1 N–H and O–H groups in total. The maximum Gasteiger partial charge on any atom is 0.264 e. The van der Waals surface area contributed by atoms with Crippen molar-refractivity contribution in [1.82, 2.24) is 15.1 Å².